The van der Waals surface area contributed by atoms with Crippen molar-refractivity contribution in [2.75, 3.05) is 10.6 Å². The molecule has 0 saturated carbocycles. The molecule has 0 spiro atoms. The third-order valence-corrected chi connectivity index (χ3v) is 5.51. The summed E-state index contributed by atoms with van der Waals surface area (Å²) in [5.74, 6) is 3.12. The lowest BCUT2D eigenvalue weighted by Gasteiger charge is -2.10. The first-order chi connectivity index (χ1) is 18.4. The number of benzene rings is 2. The maximum absolute atomic E-state index is 4.79. The smallest absolute Gasteiger partial charge is 0.251 e. The molecule has 0 saturated heterocycles. The molecule has 0 aliphatic rings. The van der Waals surface area contributed by atoms with E-state index in [1.807, 2.05) is 99.1 Å². The van der Waals surface area contributed by atoms with Crippen LogP contribution in [-0.2, 0) is 14.1 Å². The minimum absolute atomic E-state index is 0.423. The number of aliphatic imine (C=N–C) groups is 1. The molecular formula is C26H28N12. The second-order valence-corrected chi connectivity index (χ2v) is 8.61. The monoisotopic (exact) mass is 508 g/mol. The average molecular weight is 509 g/mol. The first-order valence-corrected chi connectivity index (χ1v) is 12.0. The second kappa shape index (κ2) is 10.5. The van der Waals surface area contributed by atoms with Gasteiger partial charge in [-0.3, -0.25) is 4.57 Å². The van der Waals surface area contributed by atoms with Gasteiger partial charge in [0.05, 0.1) is 0 Å². The summed E-state index contributed by atoms with van der Waals surface area (Å²) in [5, 5.41) is 15.3. The summed E-state index contributed by atoms with van der Waals surface area (Å²) < 4.78 is 5.13. The molecule has 5 aromatic rings. The van der Waals surface area contributed by atoms with Crippen LogP contribution in [0.1, 0.15) is 18.4 Å². The Labute approximate surface area is 219 Å². The number of para-hydroxylation sites is 2. The maximum Gasteiger partial charge on any atom is 0.251 e. The first kappa shape index (κ1) is 24.6. The van der Waals surface area contributed by atoms with Gasteiger partial charge in [-0.05, 0) is 45.0 Å². The first-order valence-electron chi connectivity index (χ1n) is 12.0. The van der Waals surface area contributed by atoms with Crippen LogP contribution < -0.4 is 16.1 Å². The fourth-order valence-electron chi connectivity index (χ4n) is 3.87. The van der Waals surface area contributed by atoms with Gasteiger partial charge < -0.3 is 10.6 Å². The van der Waals surface area contributed by atoms with E-state index in [1.54, 1.807) is 16.4 Å². The van der Waals surface area contributed by atoms with Gasteiger partial charge in [0.15, 0.2) is 0 Å². The van der Waals surface area contributed by atoms with Crippen molar-refractivity contribution in [3.05, 3.63) is 83.7 Å². The number of nitrogens with one attached hydrogen (secondary N) is 2. The SMILES string of the molecule is C/C(N=c1cc(C)nc(C)n1-c1nc(Nc2ccccc2)nn1C)=N/c1nc(Nc2ccccc2)nn1C. The van der Waals surface area contributed by atoms with Crippen molar-refractivity contribution in [1.29, 1.82) is 0 Å². The highest BCUT2D eigenvalue weighted by Crippen LogP contribution is 2.17. The van der Waals surface area contributed by atoms with Gasteiger partial charge in [0.1, 0.15) is 17.1 Å². The summed E-state index contributed by atoms with van der Waals surface area (Å²) in [7, 11) is 3.62. The van der Waals surface area contributed by atoms with Crippen LogP contribution in [0.3, 0.4) is 0 Å². The standard InChI is InChI=1S/C26H28N12/c1-17-16-22(28-18(2)29-25-32-23(34-36(25)4)30-20-12-8-6-9-13-20)38(19(3)27-17)26-33-24(35-37(26)5)31-21-14-10-7-11-15-21/h6-16H,1-5H3,(H,30,34)(H,31,35)/b28-22?,29-18-. The third-order valence-electron chi connectivity index (χ3n) is 5.51. The van der Waals surface area contributed by atoms with Gasteiger partial charge in [-0.1, -0.05) is 36.4 Å². The summed E-state index contributed by atoms with van der Waals surface area (Å²) in [6.07, 6.45) is 0. The lowest BCUT2D eigenvalue weighted by Crippen LogP contribution is -2.27. The van der Waals surface area contributed by atoms with Gasteiger partial charge >= 0.3 is 0 Å². The van der Waals surface area contributed by atoms with Crippen molar-refractivity contribution in [3.8, 4) is 5.95 Å². The molecule has 192 valence electrons. The van der Waals surface area contributed by atoms with E-state index in [0.717, 1.165) is 17.1 Å². The van der Waals surface area contributed by atoms with E-state index >= 15 is 0 Å². The van der Waals surface area contributed by atoms with Crippen LogP contribution in [0.15, 0.2) is 76.7 Å². The van der Waals surface area contributed by atoms with Crippen molar-refractivity contribution < 1.29 is 0 Å². The lowest BCUT2D eigenvalue weighted by atomic mass is 10.3. The van der Waals surface area contributed by atoms with Crippen molar-refractivity contribution in [2.45, 2.75) is 20.8 Å². The third kappa shape index (κ3) is 5.48. The molecule has 0 fully saturated rings. The molecule has 12 heteroatoms. The highest BCUT2D eigenvalue weighted by Gasteiger charge is 2.14. The predicted molar refractivity (Wildman–Crippen MR) is 146 cm³/mol. The molecule has 3 aromatic heterocycles. The Balaban J connectivity index is 1.49. The van der Waals surface area contributed by atoms with E-state index in [-0.39, 0.29) is 0 Å². The van der Waals surface area contributed by atoms with Crippen molar-refractivity contribution >= 4 is 35.1 Å². The summed E-state index contributed by atoms with van der Waals surface area (Å²) in [6, 6.07) is 21.4. The number of anilines is 4. The molecule has 38 heavy (non-hydrogen) atoms. The summed E-state index contributed by atoms with van der Waals surface area (Å²) in [4.78, 5) is 23.2. The van der Waals surface area contributed by atoms with E-state index in [0.29, 0.717) is 40.9 Å². The zero-order valence-electron chi connectivity index (χ0n) is 21.8. The Bertz CT molecular complexity index is 1660. The molecule has 0 radical (unpaired) electrons. The van der Waals surface area contributed by atoms with Crippen LogP contribution >= 0.6 is 0 Å². The Morgan fingerprint density at radius 3 is 1.97 bits per heavy atom. The molecule has 2 N–H and O–H groups in total. The molecular weight excluding hydrogens is 480 g/mol. The summed E-state index contributed by atoms with van der Waals surface area (Å²) in [6.45, 7) is 5.64. The van der Waals surface area contributed by atoms with Crippen LogP contribution in [0.4, 0.5) is 29.2 Å². The van der Waals surface area contributed by atoms with Crippen molar-refractivity contribution in [1.82, 2.24) is 39.1 Å². The van der Waals surface area contributed by atoms with E-state index < -0.39 is 0 Å². The lowest BCUT2D eigenvalue weighted by molar-refractivity contribution is 0.688. The van der Waals surface area contributed by atoms with E-state index in [4.69, 9.17) is 9.98 Å². The van der Waals surface area contributed by atoms with Gasteiger partial charge in [0.2, 0.25) is 17.8 Å². The molecule has 0 aliphatic carbocycles. The Hall–Kier alpha value is -5.13. The molecule has 5 rings (SSSR count). The van der Waals surface area contributed by atoms with Crippen LogP contribution in [0.2, 0.25) is 0 Å². The topological polar surface area (TPSA) is 128 Å². The summed E-state index contributed by atoms with van der Waals surface area (Å²) >= 11 is 0. The van der Waals surface area contributed by atoms with Crippen LogP contribution in [0, 0.1) is 13.8 Å². The van der Waals surface area contributed by atoms with E-state index in [1.165, 1.54) is 0 Å². The normalized spacial score (nSPS) is 12.1. The maximum atomic E-state index is 4.79. The highest BCUT2D eigenvalue weighted by molar-refractivity contribution is 5.82. The quantitative estimate of drug-likeness (QED) is 0.263. The van der Waals surface area contributed by atoms with Crippen LogP contribution in [-0.4, -0.2) is 44.9 Å². The van der Waals surface area contributed by atoms with Gasteiger partial charge in [-0.15, -0.1) is 10.2 Å². The van der Waals surface area contributed by atoms with Crippen LogP contribution in [0.5, 0.6) is 0 Å². The molecule has 0 aliphatic heterocycles. The van der Waals surface area contributed by atoms with Gasteiger partial charge in [-0.25, -0.2) is 19.3 Å². The molecule has 0 unspecified atom stereocenters. The zero-order chi connectivity index (χ0) is 26.6. The Kier molecular flexibility index (Phi) is 6.76. The second-order valence-electron chi connectivity index (χ2n) is 8.61. The molecule has 0 atom stereocenters. The Morgan fingerprint density at radius 2 is 1.34 bits per heavy atom. The number of amidine groups is 1. The predicted octanol–water partition coefficient (Wildman–Crippen LogP) is 3.88. The molecule has 2 aromatic carbocycles. The minimum atomic E-state index is 0.423. The van der Waals surface area contributed by atoms with Gasteiger partial charge in [0.25, 0.3) is 5.95 Å². The fourth-order valence-corrected chi connectivity index (χ4v) is 3.87. The number of aromatic nitrogens is 8. The van der Waals surface area contributed by atoms with Gasteiger partial charge in [-0.2, -0.15) is 15.0 Å². The number of nitrogens with zero attached hydrogens (tertiary/aromatic N) is 10. The number of aryl methyl sites for hydroxylation is 4. The molecule has 3 heterocycles. The zero-order valence-corrected chi connectivity index (χ0v) is 21.8. The molecule has 0 bridgehead atoms. The van der Waals surface area contributed by atoms with E-state index in [9.17, 15) is 0 Å². The average Bonchev–Trinajstić information content (AvgIpc) is 3.40. The van der Waals surface area contributed by atoms with E-state index in [2.05, 4.69) is 35.8 Å². The fraction of sp³-hybridized carbons (Fsp3) is 0.192. The van der Waals surface area contributed by atoms with Crippen molar-refractivity contribution in [3.63, 3.8) is 0 Å². The number of hydrogen-bond acceptors (Lipinski definition) is 8. The summed E-state index contributed by atoms with van der Waals surface area (Å²) in [5.41, 5.74) is 3.22. The highest BCUT2D eigenvalue weighted by atomic mass is 15.4. The largest absolute Gasteiger partial charge is 0.323 e. The molecule has 12 nitrogen and oxygen atoms in total. The van der Waals surface area contributed by atoms with Gasteiger partial charge in [0, 0.05) is 37.2 Å². The van der Waals surface area contributed by atoms with Crippen molar-refractivity contribution in [2.24, 2.45) is 24.1 Å². The minimum Gasteiger partial charge on any atom is -0.323 e. The Morgan fingerprint density at radius 1 is 0.763 bits per heavy atom. The number of hydrogen-bond donors (Lipinski definition) is 2. The van der Waals surface area contributed by atoms with Crippen LogP contribution in [0.25, 0.3) is 5.95 Å². The molecule has 0 amide bonds. The number of rotatable bonds is 6.